The number of rotatable bonds is 7. The van der Waals surface area contributed by atoms with Gasteiger partial charge in [0.1, 0.15) is 16.6 Å². The number of hydrogen-bond acceptors (Lipinski definition) is 10. The van der Waals surface area contributed by atoms with Crippen LogP contribution in [0.3, 0.4) is 0 Å². The predicted molar refractivity (Wildman–Crippen MR) is 219 cm³/mol. The van der Waals surface area contributed by atoms with Crippen LogP contribution in [0.5, 0.6) is 0 Å². The SMILES string of the molecule is CCN(C)C1(C)CN(c2nc3c(F)c(-c4c(C)c(C)cc5c4cnn5C4CCCCO4)c(C)cc3c3c2nnn3[C@H]2CCN(C(=O)OC(C)(C)C)[C@H](CC#N)C2)C1. The third-order valence-electron chi connectivity index (χ3n) is 12.7. The van der Waals surface area contributed by atoms with E-state index < -0.39 is 17.5 Å². The summed E-state index contributed by atoms with van der Waals surface area (Å²) < 4.78 is 33.6. The molecule has 3 fully saturated rings. The van der Waals surface area contributed by atoms with Crippen molar-refractivity contribution >= 4 is 44.8 Å². The number of carbonyl (C=O) groups excluding carboxylic acids is 1. The highest BCUT2D eigenvalue weighted by Crippen LogP contribution is 2.45. The van der Waals surface area contributed by atoms with E-state index in [0.717, 1.165) is 59.0 Å². The van der Waals surface area contributed by atoms with Gasteiger partial charge in [0.2, 0.25) is 0 Å². The van der Waals surface area contributed by atoms with Crippen LogP contribution < -0.4 is 4.90 Å². The average Bonchev–Trinajstić information content (AvgIpc) is 3.79. The first kappa shape index (κ1) is 39.0. The zero-order chi connectivity index (χ0) is 40.6. The summed E-state index contributed by atoms with van der Waals surface area (Å²) in [5.74, 6) is 0.209. The molecule has 0 aliphatic carbocycles. The lowest BCUT2D eigenvalue weighted by molar-refractivity contribution is -0.0366. The van der Waals surface area contributed by atoms with Crippen LogP contribution in [-0.4, -0.2) is 103 Å². The normalized spacial score (nSPS) is 21.4. The molecular weight excluding hydrogens is 724 g/mol. The first-order valence-electron chi connectivity index (χ1n) is 20.4. The summed E-state index contributed by atoms with van der Waals surface area (Å²) >= 11 is 0. The number of nitriles is 1. The lowest BCUT2D eigenvalue weighted by Crippen LogP contribution is -2.68. The van der Waals surface area contributed by atoms with Crippen molar-refractivity contribution in [2.75, 3.05) is 44.7 Å². The van der Waals surface area contributed by atoms with Gasteiger partial charge in [-0.2, -0.15) is 10.4 Å². The Balaban J connectivity index is 1.29. The molecule has 3 aromatic heterocycles. The molecule has 3 aliphatic heterocycles. The Hall–Kier alpha value is -4.87. The third-order valence-corrected chi connectivity index (χ3v) is 12.7. The molecule has 57 heavy (non-hydrogen) atoms. The van der Waals surface area contributed by atoms with Crippen LogP contribution in [0.2, 0.25) is 0 Å². The van der Waals surface area contributed by atoms with E-state index in [0.29, 0.717) is 66.9 Å². The fraction of sp³-hybridized carbons (Fsp3) is 0.581. The lowest BCUT2D eigenvalue weighted by Gasteiger charge is -2.53. The molecule has 0 N–H and O–H groups in total. The summed E-state index contributed by atoms with van der Waals surface area (Å²) in [5.41, 5.74) is 5.90. The Labute approximate surface area is 333 Å². The number of ether oxygens (including phenoxy) is 2. The second kappa shape index (κ2) is 14.5. The number of aryl methyl sites for hydroxylation is 2. The number of halogens is 1. The van der Waals surface area contributed by atoms with E-state index in [1.165, 1.54) is 0 Å². The largest absolute Gasteiger partial charge is 0.444 e. The molecule has 1 unspecified atom stereocenters. The average molecular weight is 779 g/mol. The number of likely N-dealkylation sites (tertiary alicyclic amines) is 1. The fourth-order valence-corrected chi connectivity index (χ4v) is 9.24. The molecular formula is C43H55FN10O3. The zero-order valence-electron chi connectivity index (χ0n) is 34.8. The summed E-state index contributed by atoms with van der Waals surface area (Å²) in [6, 6.07) is 5.86. The van der Waals surface area contributed by atoms with Crippen LogP contribution in [-0.2, 0) is 9.47 Å². The number of carbonyl (C=O) groups is 1. The summed E-state index contributed by atoms with van der Waals surface area (Å²) in [5, 5.41) is 25.7. The zero-order valence-corrected chi connectivity index (χ0v) is 34.8. The minimum absolute atomic E-state index is 0.0732. The standard InChI is InChI=1S/C43H55FN10O3/c1-10-50(9)43(8)23-51(24-43)40-38-39(53(49-48-38)29-15-17-52(28(21-29)14-16-45)41(55)57-42(5,6)7)30-19-26(3)34(36(44)37(30)47-40)35-27(4)25(2)20-32-31(35)22-46-54(32)33-13-11-12-18-56-33/h19-20,22,28-29,33H,10-15,17-18,21,23-24H2,1-9H3/t28-,29+,33?/m1/s1. The topological polar surface area (TPSA) is 130 Å². The molecule has 13 nitrogen and oxygen atoms in total. The maximum Gasteiger partial charge on any atom is 0.410 e. The van der Waals surface area contributed by atoms with E-state index in [-0.39, 0.29) is 35.8 Å². The molecule has 1 amide bonds. The second-order valence-electron chi connectivity index (χ2n) is 17.7. The Kier molecular flexibility index (Phi) is 9.92. The first-order chi connectivity index (χ1) is 27.1. The van der Waals surface area contributed by atoms with Crippen LogP contribution in [0, 0.1) is 37.9 Å². The van der Waals surface area contributed by atoms with Gasteiger partial charge in [0.15, 0.2) is 23.4 Å². The molecule has 14 heteroatoms. The summed E-state index contributed by atoms with van der Waals surface area (Å²) in [6.07, 6.45) is 5.45. The third kappa shape index (κ3) is 6.66. The Morgan fingerprint density at radius 3 is 2.54 bits per heavy atom. The molecule has 6 heterocycles. The van der Waals surface area contributed by atoms with E-state index in [2.05, 4.69) is 56.7 Å². The number of aromatic nitrogens is 6. The lowest BCUT2D eigenvalue weighted by atomic mass is 9.89. The van der Waals surface area contributed by atoms with Gasteiger partial charge in [-0.1, -0.05) is 12.1 Å². The van der Waals surface area contributed by atoms with Crippen molar-refractivity contribution in [3.05, 3.63) is 40.8 Å². The highest BCUT2D eigenvalue weighted by atomic mass is 19.1. The highest BCUT2D eigenvalue weighted by Gasteiger charge is 2.44. The van der Waals surface area contributed by atoms with Gasteiger partial charge in [-0.15, -0.1) is 5.10 Å². The second-order valence-corrected chi connectivity index (χ2v) is 17.7. The van der Waals surface area contributed by atoms with Crippen LogP contribution in [0.1, 0.15) is 102 Å². The Morgan fingerprint density at radius 1 is 1.09 bits per heavy atom. The number of anilines is 1. The molecule has 2 aromatic carbocycles. The number of hydrogen-bond donors (Lipinski definition) is 0. The first-order valence-corrected chi connectivity index (χ1v) is 20.4. The van der Waals surface area contributed by atoms with Gasteiger partial charge < -0.3 is 19.3 Å². The smallest absolute Gasteiger partial charge is 0.410 e. The molecule has 8 rings (SSSR count). The molecule has 3 aliphatic rings. The van der Waals surface area contributed by atoms with Gasteiger partial charge in [-0.25, -0.2) is 23.5 Å². The number of benzene rings is 2. The number of fused-ring (bicyclic) bond motifs is 4. The minimum atomic E-state index is -0.664. The van der Waals surface area contributed by atoms with E-state index >= 15 is 4.39 Å². The van der Waals surface area contributed by atoms with E-state index in [1.54, 1.807) is 4.90 Å². The van der Waals surface area contributed by atoms with Crippen LogP contribution in [0.4, 0.5) is 15.0 Å². The fourth-order valence-electron chi connectivity index (χ4n) is 9.24. The summed E-state index contributed by atoms with van der Waals surface area (Å²) in [4.78, 5) is 24.6. The molecule has 302 valence electrons. The molecule has 0 spiro atoms. The molecule has 0 radical (unpaired) electrons. The van der Waals surface area contributed by atoms with Crippen molar-refractivity contribution in [2.45, 2.75) is 123 Å². The van der Waals surface area contributed by atoms with Gasteiger partial charge in [0, 0.05) is 42.6 Å². The van der Waals surface area contributed by atoms with Gasteiger partial charge >= 0.3 is 6.09 Å². The van der Waals surface area contributed by atoms with Gasteiger partial charge in [-0.3, -0.25) is 4.90 Å². The van der Waals surface area contributed by atoms with Crippen molar-refractivity contribution < 1.29 is 18.7 Å². The monoisotopic (exact) mass is 778 g/mol. The number of nitrogens with zero attached hydrogens (tertiary/aromatic N) is 10. The van der Waals surface area contributed by atoms with Gasteiger partial charge in [0.05, 0.1) is 41.8 Å². The Morgan fingerprint density at radius 2 is 1.86 bits per heavy atom. The molecule has 3 atom stereocenters. The van der Waals surface area contributed by atoms with Crippen molar-refractivity contribution in [3.8, 4) is 17.2 Å². The molecule has 0 saturated carbocycles. The van der Waals surface area contributed by atoms with Crippen molar-refractivity contribution in [1.29, 1.82) is 5.26 Å². The van der Waals surface area contributed by atoms with E-state index in [4.69, 9.17) is 29.9 Å². The molecule has 0 bridgehead atoms. The molecule has 3 saturated heterocycles. The maximum absolute atomic E-state index is 17.9. The quantitative estimate of drug-likeness (QED) is 0.160. The predicted octanol–water partition coefficient (Wildman–Crippen LogP) is 8.14. The Bertz CT molecular complexity index is 2410. The number of piperidine rings is 1. The highest BCUT2D eigenvalue weighted by molar-refractivity contribution is 6.10. The number of amides is 1. The van der Waals surface area contributed by atoms with Crippen LogP contribution in [0.15, 0.2) is 18.3 Å². The van der Waals surface area contributed by atoms with Gasteiger partial charge in [0.25, 0.3) is 0 Å². The minimum Gasteiger partial charge on any atom is -0.444 e. The summed E-state index contributed by atoms with van der Waals surface area (Å²) in [7, 11) is 2.13. The maximum atomic E-state index is 17.9. The van der Waals surface area contributed by atoms with Crippen molar-refractivity contribution in [3.63, 3.8) is 0 Å². The summed E-state index contributed by atoms with van der Waals surface area (Å²) in [6.45, 7) is 19.4. The van der Waals surface area contributed by atoms with Crippen molar-refractivity contribution in [1.82, 2.24) is 39.6 Å². The van der Waals surface area contributed by atoms with Gasteiger partial charge in [-0.05, 0) is 129 Å². The van der Waals surface area contributed by atoms with E-state index in [9.17, 15) is 10.1 Å². The van der Waals surface area contributed by atoms with E-state index in [1.807, 2.05) is 49.3 Å². The van der Waals surface area contributed by atoms with Crippen LogP contribution in [0.25, 0.3) is 44.0 Å². The van der Waals surface area contributed by atoms with Crippen LogP contribution >= 0.6 is 0 Å². The number of likely N-dealkylation sites (N-methyl/N-ethyl adjacent to an activating group) is 1. The van der Waals surface area contributed by atoms with Crippen molar-refractivity contribution in [2.24, 2.45) is 0 Å². The molecule has 5 aromatic rings. The number of pyridine rings is 1.